The van der Waals surface area contributed by atoms with Crippen LogP contribution in [0.1, 0.15) is 15.9 Å². The number of carbonyl (C=O) groups excluding carboxylic acids is 2. The minimum atomic E-state index is -0.397. The lowest BCUT2D eigenvalue weighted by molar-refractivity contribution is -0.113. The number of carbonyl (C=O) groups is 2. The van der Waals surface area contributed by atoms with Crippen LogP contribution >= 0.6 is 27.7 Å². The number of anilines is 1. The highest BCUT2D eigenvalue weighted by Crippen LogP contribution is 2.19. The molecule has 0 spiro atoms. The zero-order valence-corrected chi connectivity index (χ0v) is 18.1. The summed E-state index contributed by atoms with van der Waals surface area (Å²) in [5.41, 5.74) is 2.08. The van der Waals surface area contributed by atoms with Crippen molar-refractivity contribution in [2.45, 2.75) is 4.90 Å². The van der Waals surface area contributed by atoms with Gasteiger partial charge >= 0.3 is 0 Å². The third-order valence-electron chi connectivity index (χ3n) is 4.04. The molecular weight excluding hydrogens is 448 g/mol. The van der Waals surface area contributed by atoms with Crippen molar-refractivity contribution in [2.24, 2.45) is 0 Å². The Morgan fingerprint density at radius 2 is 1.66 bits per heavy atom. The molecule has 2 amide bonds. The fourth-order valence-electron chi connectivity index (χ4n) is 2.58. The van der Waals surface area contributed by atoms with Gasteiger partial charge in [0.15, 0.2) is 0 Å². The van der Waals surface area contributed by atoms with Gasteiger partial charge in [-0.25, -0.2) is 0 Å². The lowest BCUT2D eigenvalue weighted by Crippen LogP contribution is -2.30. The van der Waals surface area contributed by atoms with E-state index in [4.69, 9.17) is 0 Å². The van der Waals surface area contributed by atoms with E-state index in [0.29, 0.717) is 11.3 Å². The molecule has 3 aromatic carbocycles. The van der Waals surface area contributed by atoms with Gasteiger partial charge in [0.2, 0.25) is 0 Å². The molecule has 3 aromatic rings. The number of hydrogen-bond acceptors (Lipinski definition) is 3. The second-order valence-electron chi connectivity index (χ2n) is 6.12. The monoisotopic (exact) mass is 466 g/mol. The number of benzene rings is 3. The largest absolute Gasteiger partial charge is 0.321 e. The molecule has 0 saturated heterocycles. The van der Waals surface area contributed by atoms with Crippen molar-refractivity contribution >= 4 is 51.3 Å². The number of halogens is 1. The van der Waals surface area contributed by atoms with Crippen LogP contribution in [-0.4, -0.2) is 18.1 Å². The van der Waals surface area contributed by atoms with Crippen LogP contribution in [0.2, 0.25) is 0 Å². The van der Waals surface area contributed by atoms with Gasteiger partial charge in [0.25, 0.3) is 11.8 Å². The molecule has 0 aliphatic carbocycles. The number of rotatable bonds is 6. The van der Waals surface area contributed by atoms with Crippen molar-refractivity contribution in [3.8, 4) is 0 Å². The zero-order valence-electron chi connectivity index (χ0n) is 15.7. The van der Waals surface area contributed by atoms with Gasteiger partial charge in [0.05, 0.1) is 0 Å². The Kier molecular flexibility index (Phi) is 7.27. The average molecular weight is 467 g/mol. The van der Waals surface area contributed by atoms with Crippen molar-refractivity contribution in [3.63, 3.8) is 0 Å². The fraction of sp³-hybridized carbons (Fsp3) is 0.0435. The summed E-state index contributed by atoms with van der Waals surface area (Å²) in [5, 5.41) is 5.58. The van der Waals surface area contributed by atoms with Crippen LogP contribution < -0.4 is 10.6 Å². The van der Waals surface area contributed by atoms with Crippen molar-refractivity contribution in [2.75, 3.05) is 11.6 Å². The van der Waals surface area contributed by atoms with E-state index in [-0.39, 0.29) is 11.6 Å². The van der Waals surface area contributed by atoms with E-state index in [0.717, 1.165) is 14.9 Å². The van der Waals surface area contributed by atoms with Crippen LogP contribution in [0.25, 0.3) is 6.08 Å². The van der Waals surface area contributed by atoms with E-state index in [1.165, 1.54) is 0 Å². The molecule has 0 atom stereocenters. The van der Waals surface area contributed by atoms with Crippen LogP contribution in [0, 0.1) is 0 Å². The summed E-state index contributed by atoms with van der Waals surface area (Å²) in [6.45, 7) is 0. The van der Waals surface area contributed by atoms with E-state index < -0.39 is 5.91 Å². The van der Waals surface area contributed by atoms with E-state index in [1.54, 1.807) is 42.1 Å². The first-order valence-electron chi connectivity index (χ1n) is 8.84. The standard InChI is InChI=1S/C23H19BrN2O2S/c1-29-20-12-10-19(11-13-20)25-23(28)21(15-16-6-5-9-18(24)14-16)26-22(27)17-7-3-2-4-8-17/h2-15H,1H3,(H,25,28)(H,26,27)/b21-15-. The molecule has 29 heavy (non-hydrogen) atoms. The maximum Gasteiger partial charge on any atom is 0.272 e. The molecule has 3 rings (SSSR count). The summed E-state index contributed by atoms with van der Waals surface area (Å²) in [6.07, 6.45) is 3.64. The Labute approximate surface area is 182 Å². The quantitative estimate of drug-likeness (QED) is 0.368. The summed E-state index contributed by atoms with van der Waals surface area (Å²) < 4.78 is 0.882. The van der Waals surface area contributed by atoms with Crippen molar-refractivity contribution in [3.05, 3.63) is 100 Å². The maximum atomic E-state index is 12.9. The molecular formula is C23H19BrN2O2S. The number of nitrogens with one attached hydrogen (secondary N) is 2. The second kappa shape index (κ2) is 10.1. The molecule has 0 aliphatic heterocycles. The zero-order chi connectivity index (χ0) is 20.6. The summed E-state index contributed by atoms with van der Waals surface area (Å²) in [4.78, 5) is 26.6. The SMILES string of the molecule is CSc1ccc(NC(=O)/C(=C/c2cccc(Br)c2)NC(=O)c2ccccc2)cc1. The first-order chi connectivity index (χ1) is 14.0. The van der Waals surface area contributed by atoms with E-state index in [1.807, 2.05) is 60.9 Å². The summed E-state index contributed by atoms with van der Waals surface area (Å²) >= 11 is 5.05. The third kappa shape index (κ3) is 6.07. The predicted molar refractivity (Wildman–Crippen MR) is 123 cm³/mol. The van der Waals surface area contributed by atoms with Crippen LogP contribution in [0.4, 0.5) is 5.69 Å². The third-order valence-corrected chi connectivity index (χ3v) is 5.27. The minimum Gasteiger partial charge on any atom is -0.321 e. The van der Waals surface area contributed by atoms with Gasteiger partial charge < -0.3 is 10.6 Å². The van der Waals surface area contributed by atoms with Crippen LogP contribution in [0.3, 0.4) is 0 Å². The number of thioether (sulfide) groups is 1. The van der Waals surface area contributed by atoms with Crippen molar-refractivity contribution in [1.29, 1.82) is 0 Å². The summed E-state index contributed by atoms with van der Waals surface area (Å²) in [5.74, 6) is -0.745. The van der Waals surface area contributed by atoms with Crippen LogP contribution in [0.5, 0.6) is 0 Å². The van der Waals surface area contributed by atoms with Crippen molar-refractivity contribution < 1.29 is 9.59 Å². The Morgan fingerprint density at radius 3 is 2.31 bits per heavy atom. The van der Waals surface area contributed by atoms with Gasteiger partial charge in [-0.05, 0) is 66.4 Å². The molecule has 2 N–H and O–H groups in total. The highest BCUT2D eigenvalue weighted by Gasteiger charge is 2.15. The van der Waals surface area contributed by atoms with Gasteiger partial charge in [0, 0.05) is 20.6 Å². The van der Waals surface area contributed by atoms with Gasteiger partial charge in [-0.2, -0.15) is 0 Å². The van der Waals surface area contributed by atoms with Gasteiger partial charge in [0.1, 0.15) is 5.70 Å². The lowest BCUT2D eigenvalue weighted by Gasteiger charge is -2.12. The molecule has 146 valence electrons. The molecule has 0 unspecified atom stereocenters. The van der Waals surface area contributed by atoms with E-state index >= 15 is 0 Å². The Balaban J connectivity index is 1.86. The van der Waals surface area contributed by atoms with Gasteiger partial charge in [-0.15, -0.1) is 11.8 Å². The second-order valence-corrected chi connectivity index (χ2v) is 7.91. The molecule has 0 bridgehead atoms. The Hall–Kier alpha value is -2.83. The average Bonchev–Trinajstić information content (AvgIpc) is 2.74. The Bertz CT molecular complexity index is 1030. The maximum absolute atomic E-state index is 12.9. The fourth-order valence-corrected chi connectivity index (χ4v) is 3.40. The first kappa shape index (κ1) is 20.9. The highest BCUT2D eigenvalue weighted by molar-refractivity contribution is 9.10. The number of amides is 2. The molecule has 4 nitrogen and oxygen atoms in total. The molecule has 0 radical (unpaired) electrons. The van der Waals surface area contributed by atoms with E-state index in [9.17, 15) is 9.59 Å². The first-order valence-corrected chi connectivity index (χ1v) is 10.9. The van der Waals surface area contributed by atoms with Gasteiger partial charge in [-0.3, -0.25) is 9.59 Å². The molecule has 0 aromatic heterocycles. The number of hydrogen-bond donors (Lipinski definition) is 2. The lowest BCUT2D eigenvalue weighted by atomic mass is 10.1. The van der Waals surface area contributed by atoms with Crippen LogP contribution in [0.15, 0.2) is 93.9 Å². The molecule has 0 aliphatic rings. The topological polar surface area (TPSA) is 58.2 Å². The predicted octanol–water partition coefficient (Wildman–Crippen LogP) is 5.58. The normalized spacial score (nSPS) is 11.0. The van der Waals surface area contributed by atoms with Crippen molar-refractivity contribution in [1.82, 2.24) is 5.32 Å². The molecule has 6 heteroatoms. The highest BCUT2D eigenvalue weighted by atomic mass is 79.9. The minimum absolute atomic E-state index is 0.158. The summed E-state index contributed by atoms with van der Waals surface area (Å²) in [7, 11) is 0. The smallest absolute Gasteiger partial charge is 0.272 e. The molecule has 0 saturated carbocycles. The molecule has 0 fully saturated rings. The Morgan fingerprint density at radius 1 is 0.931 bits per heavy atom. The van der Waals surface area contributed by atoms with E-state index in [2.05, 4.69) is 26.6 Å². The van der Waals surface area contributed by atoms with Crippen LogP contribution in [-0.2, 0) is 4.79 Å². The molecule has 0 heterocycles. The van der Waals surface area contributed by atoms with Gasteiger partial charge in [-0.1, -0.05) is 46.3 Å². The summed E-state index contributed by atoms with van der Waals surface area (Å²) in [6, 6.07) is 23.8.